The molecule has 0 spiro atoms. The van der Waals surface area contributed by atoms with Crippen LogP contribution >= 0.6 is 0 Å². The second-order valence-corrected chi connectivity index (χ2v) is 8.06. The monoisotopic (exact) mass is 432 g/mol. The average Bonchev–Trinajstić information content (AvgIpc) is 3.10. The molecule has 0 unspecified atom stereocenters. The van der Waals surface area contributed by atoms with Gasteiger partial charge in [0.15, 0.2) is 0 Å². The first kappa shape index (κ1) is 23.8. The maximum atomic E-state index is 12.7. The first-order valence-electron chi connectivity index (χ1n) is 9.94. The van der Waals surface area contributed by atoms with Gasteiger partial charge in [-0.05, 0) is 45.7 Å². The quantitative estimate of drug-likeness (QED) is 0.513. The first-order chi connectivity index (χ1) is 14.5. The van der Waals surface area contributed by atoms with Crippen LogP contribution < -0.4 is 10.6 Å². The molecule has 0 aliphatic rings. The van der Waals surface area contributed by atoms with Gasteiger partial charge in [-0.15, -0.1) is 0 Å². The number of carboxylic acids is 1. The fraction of sp³-hybridized carbons (Fsp3) is 0.476. The third kappa shape index (κ3) is 8.45. The normalized spacial score (nSPS) is 12.1. The number of alkyl carbamates (subject to hydrolysis) is 1. The molecule has 0 fully saturated rings. The second kappa shape index (κ2) is 10.6. The molecule has 2 rings (SSSR count). The maximum Gasteiger partial charge on any atom is 0.407 e. The lowest BCUT2D eigenvalue weighted by Crippen LogP contribution is -2.38. The van der Waals surface area contributed by atoms with Crippen molar-refractivity contribution in [2.75, 3.05) is 6.54 Å². The number of aromatic nitrogens is 2. The van der Waals surface area contributed by atoms with Crippen LogP contribution in [0.4, 0.5) is 4.79 Å². The smallest absolute Gasteiger partial charge is 0.407 e. The summed E-state index contributed by atoms with van der Waals surface area (Å²) in [5.74, 6) is -0.663. The van der Waals surface area contributed by atoms with Crippen molar-refractivity contribution in [3.8, 4) is 11.4 Å². The summed E-state index contributed by atoms with van der Waals surface area (Å²) in [6, 6.07) is 6.07. The molecule has 1 heterocycles. The standard InChI is InChI=1S/C21H28N4O6/c1-13-23-18(25-31-13)14-7-5-8-15(11-14)19(28)24-16(12-17(26)27)9-6-10-22-20(29)30-21(2,3)4/h5,7-8,11,16H,6,9-10,12H2,1-4H3,(H,22,29)(H,24,28)(H,26,27)/t16-/m0/s1. The van der Waals surface area contributed by atoms with Crippen LogP contribution in [0.1, 0.15) is 56.3 Å². The zero-order valence-corrected chi connectivity index (χ0v) is 18.1. The van der Waals surface area contributed by atoms with Gasteiger partial charge in [0.25, 0.3) is 5.91 Å². The predicted molar refractivity (Wildman–Crippen MR) is 111 cm³/mol. The van der Waals surface area contributed by atoms with Crippen molar-refractivity contribution in [3.63, 3.8) is 0 Å². The number of hydrogen-bond donors (Lipinski definition) is 3. The topological polar surface area (TPSA) is 144 Å². The van der Waals surface area contributed by atoms with E-state index >= 15 is 0 Å². The Bertz CT molecular complexity index is 919. The summed E-state index contributed by atoms with van der Waals surface area (Å²) in [6.45, 7) is 7.26. The number of carbonyl (C=O) groups is 3. The number of nitrogens with zero attached hydrogens (tertiary/aromatic N) is 2. The zero-order valence-electron chi connectivity index (χ0n) is 18.1. The van der Waals surface area contributed by atoms with Gasteiger partial charge < -0.3 is 25.0 Å². The highest BCUT2D eigenvalue weighted by atomic mass is 16.6. The van der Waals surface area contributed by atoms with Gasteiger partial charge in [-0.3, -0.25) is 9.59 Å². The van der Waals surface area contributed by atoms with Gasteiger partial charge in [0.2, 0.25) is 11.7 Å². The highest BCUT2D eigenvalue weighted by Gasteiger charge is 2.19. The summed E-state index contributed by atoms with van der Waals surface area (Å²) in [5.41, 5.74) is 0.363. The van der Waals surface area contributed by atoms with Crippen molar-refractivity contribution in [1.29, 1.82) is 0 Å². The Labute approximate surface area is 180 Å². The molecule has 0 aliphatic heterocycles. The third-order valence-corrected chi connectivity index (χ3v) is 4.06. The third-order valence-electron chi connectivity index (χ3n) is 4.06. The molecule has 0 bridgehead atoms. The van der Waals surface area contributed by atoms with E-state index in [0.717, 1.165) is 0 Å². The van der Waals surface area contributed by atoms with Crippen LogP contribution in [0.5, 0.6) is 0 Å². The number of nitrogens with one attached hydrogen (secondary N) is 2. The van der Waals surface area contributed by atoms with Gasteiger partial charge >= 0.3 is 12.1 Å². The maximum absolute atomic E-state index is 12.7. The van der Waals surface area contributed by atoms with Crippen LogP contribution in [0.3, 0.4) is 0 Å². The highest BCUT2D eigenvalue weighted by molar-refractivity contribution is 5.95. The van der Waals surface area contributed by atoms with Crippen LogP contribution in [0.2, 0.25) is 0 Å². The van der Waals surface area contributed by atoms with Crippen LogP contribution in [-0.4, -0.2) is 51.4 Å². The summed E-state index contributed by atoms with van der Waals surface area (Å²) < 4.78 is 10.1. The number of ether oxygens (including phenoxy) is 1. The molecule has 10 nitrogen and oxygen atoms in total. The molecule has 0 radical (unpaired) electrons. The molecule has 31 heavy (non-hydrogen) atoms. The number of hydrogen-bond acceptors (Lipinski definition) is 7. The van der Waals surface area contributed by atoms with Crippen LogP contribution in [0.25, 0.3) is 11.4 Å². The van der Waals surface area contributed by atoms with Gasteiger partial charge in [-0.1, -0.05) is 17.3 Å². The van der Waals surface area contributed by atoms with Crippen molar-refractivity contribution in [2.45, 2.75) is 58.6 Å². The van der Waals surface area contributed by atoms with Crippen LogP contribution in [-0.2, 0) is 9.53 Å². The minimum Gasteiger partial charge on any atom is -0.481 e. The van der Waals surface area contributed by atoms with Crippen LogP contribution in [0.15, 0.2) is 28.8 Å². The van der Waals surface area contributed by atoms with Gasteiger partial charge in [0, 0.05) is 30.6 Å². The Kier molecular flexibility index (Phi) is 8.12. The van der Waals surface area contributed by atoms with E-state index in [0.29, 0.717) is 42.2 Å². The molecule has 1 aromatic carbocycles. The van der Waals surface area contributed by atoms with E-state index in [4.69, 9.17) is 14.4 Å². The Morgan fingerprint density at radius 1 is 1.26 bits per heavy atom. The first-order valence-corrected chi connectivity index (χ1v) is 9.94. The van der Waals surface area contributed by atoms with E-state index in [1.807, 2.05) is 0 Å². The van der Waals surface area contributed by atoms with Crippen molar-refractivity contribution < 1.29 is 28.8 Å². The molecule has 0 saturated heterocycles. The fourth-order valence-corrected chi connectivity index (χ4v) is 2.77. The number of carboxylic acid groups (broad SMARTS) is 1. The molecule has 3 N–H and O–H groups in total. The summed E-state index contributed by atoms with van der Waals surface area (Å²) in [4.78, 5) is 39.7. The molecular formula is C21H28N4O6. The summed E-state index contributed by atoms with van der Waals surface area (Å²) in [5, 5.41) is 18.4. The van der Waals surface area contributed by atoms with E-state index in [-0.39, 0.29) is 6.42 Å². The number of carbonyl (C=O) groups excluding carboxylic acids is 2. The van der Waals surface area contributed by atoms with Gasteiger partial charge in [0.1, 0.15) is 5.60 Å². The van der Waals surface area contributed by atoms with Crippen molar-refractivity contribution in [1.82, 2.24) is 20.8 Å². The van der Waals surface area contributed by atoms with Crippen molar-refractivity contribution in [2.24, 2.45) is 0 Å². The van der Waals surface area contributed by atoms with E-state index in [9.17, 15) is 14.4 Å². The summed E-state index contributed by atoms with van der Waals surface area (Å²) in [7, 11) is 0. The Balaban J connectivity index is 1.93. The minimum atomic E-state index is -1.03. The molecule has 2 amide bonds. The lowest BCUT2D eigenvalue weighted by atomic mass is 10.1. The number of benzene rings is 1. The van der Waals surface area contributed by atoms with Gasteiger partial charge in [-0.25, -0.2) is 4.79 Å². The molecule has 1 atom stereocenters. The number of aryl methyl sites for hydroxylation is 1. The SMILES string of the molecule is Cc1nc(-c2cccc(C(=O)N[C@@H](CCCNC(=O)OC(C)(C)C)CC(=O)O)c2)no1. The van der Waals surface area contributed by atoms with E-state index in [1.165, 1.54) is 0 Å². The molecular weight excluding hydrogens is 404 g/mol. The predicted octanol–water partition coefficient (Wildman–Crippen LogP) is 2.92. The average molecular weight is 432 g/mol. The molecule has 1 aromatic heterocycles. The van der Waals surface area contributed by atoms with Gasteiger partial charge in [0.05, 0.1) is 6.42 Å². The molecule has 168 valence electrons. The van der Waals surface area contributed by atoms with Crippen molar-refractivity contribution in [3.05, 3.63) is 35.7 Å². The van der Waals surface area contributed by atoms with E-state index < -0.39 is 29.6 Å². The second-order valence-electron chi connectivity index (χ2n) is 8.06. The molecule has 0 aliphatic carbocycles. The van der Waals surface area contributed by atoms with E-state index in [2.05, 4.69) is 20.8 Å². The molecule has 2 aromatic rings. The molecule has 0 saturated carbocycles. The minimum absolute atomic E-state index is 0.234. The van der Waals surface area contributed by atoms with Crippen molar-refractivity contribution >= 4 is 18.0 Å². The number of aliphatic carboxylic acids is 1. The summed E-state index contributed by atoms with van der Waals surface area (Å²) >= 11 is 0. The Morgan fingerprint density at radius 3 is 2.61 bits per heavy atom. The summed E-state index contributed by atoms with van der Waals surface area (Å²) in [6.07, 6.45) is 0.0684. The zero-order chi connectivity index (χ0) is 23.0. The Hall–Kier alpha value is -3.43. The molecule has 10 heteroatoms. The Morgan fingerprint density at radius 2 is 2.00 bits per heavy atom. The fourth-order valence-electron chi connectivity index (χ4n) is 2.77. The number of amides is 2. The lowest BCUT2D eigenvalue weighted by molar-refractivity contribution is -0.137. The largest absolute Gasteiger partial charge is 0.481 e. The lowest BCUT2D eigenvalue weighted by Gasteiger charge is -2.20. The number of rotatable bonds is 9. The van der Waals surface area contributed by atoms with Crippen LogP contribution in [0, 0.1) is 6.92 Å². The highest BCUT2D eigenvalue weighted by Crippen LogP contribution is 2.17. The van der Waals surface area contributed by atoms with Gasteiger partial charge in [-0.2, -0.15) is 4.98 Å². The van der Waals surface area contributed by atoms with E-state index in [1.54, 1.807) is 52.0 Å².